The largest absolute Gasteiger partial charge is 0.388 e. The highest BCUT2D eigenvalue weighted by molar-refractivity contribution is 5.91. The summed E-state index contributed by atoms with van der Waals surface area (Å²) in [6.07, 6.45) is 3.99. The van der Waals surface area contributed by atoms with Crippen LogP contribution in [0, 0.1) is 0 Å². The third-order valence-electron chi connectivity index (χ3n) is 2.74. The Morgan fingerprint density at radius 3 is 3.00 bits per heavy atom. The third kappa shape index (κ3) is 2.59. The number of aliphatic hydroxyl groups is 1. The lowest BCUT2D eigenvalue weighted by Gasteiger charge is -2.31. The Labute approximate surface area is 93.0 Å². The number of carbonyl (C=O) groups excluding carboxylic acids is 1. The predicted molar refractivity (Wildman–Crippen MR) is 55.9 cm³/mol. The number of nitrogens with zero attached hydrogens (tertiary/aromatic N) is 1. The fourth-order valence-electron chi connectivity index (χ4n) is 1.65. The van der Waals surface area contributed by atoms with Crippen LogP contribution in [0.25, 0.3) is 0 Å². The molecule has 16 heavy (non-hydrogen) atoms. The molecule has 1 aliphatic rings. The van der Waals surface area contributed by atoms with Crippen LogP contribution < -0.4 is 5.32 Å². The smallest absolute Gasteiger partial charge is 0.269 e. The second kappa shape index (κ2) is 4.63. The van der Waals surface area contributed by atoms with Gasteiger partial charge in [0.25, 0.3) is 5.91 Å². The van der Waals surface area contributed by atoms with E-state index in [0.717, 1.165) is 0 Å². The highest BCUT2D eigenvalue weighted by atomic mass is 16.5. The maximum Gasteiger partial charge on any atom is 0.269 e. The van der Waals surface area contributed by atoms with Gasteiger partial charge < -0.3 is 20.1 Å². The van der Waals surface area contributed by atoms with Gasteiger partial charge in [0, 0.05) is 32.6 Å². The number of rotatable bonds is 3. The molecule has 0 atom stereocenters. The Kier molecular flexibility index (Phi) is 3.21. The first kappa shape index (κ1) is 11.1. The Hall–Kier alpha value is -1.40. The van der Waals surface area contributed by atoms with Crippen LogP contribution in [-0.4, -0.2) is 46.3 Å². The van der Waals surface area contributed by atoms with Crippen molar-refractivity contribution in [3.05, 3.63) is 18.2 Å². The zero-order valence-electron chi connectivity index (χ0n) is 8.90. The number of nitrogens with one attached hydrogen (secondary N) is 2. The summed E-state index contributed by atoms with van der Waals surface area (Å²) in [6, 6.07) is 0. The number of aromatic nitrogens is 2. The molecule has 6 heteroatoms. The Morgan fingerprint density at radius 2 is 2.38 bits per heavy atom. The summed E-state index contributed by atoms with van der Waals surface area (Å²) in [5.41, 5.74) is -0.441. The van der Waals surface area contributed by atoms with E-state index in [1.807, 2.05) is 0 Å². The minimum Gasteiger partial charge on any atom is -0.388 e. The lowest BCUT2D eigenvalue weighted by molar-refractivity contribution is -0.0605. The first-order chi connectivity index (χ1) is 7.70. The van der Waals surface area contributed by atoms with E-state index >= 15 is 0 Å². The number of hydrogen-bond acceptors (Lipinski definition) is 4. The predicted octanol–water partition coefficient (Wildman–Crippen LogP) is -0.319. The van der Waals surface area contributed by atoms with Crippen molar-refractivity contribution >= 4 is 5.91 Å². The normalized spacial score (nSPS) is 19.3. The summed E-state index contributed by atoms with van der Waals surface area (Å²) >= 11 is 0. The first-order valence-corrected chi connectivity index (χ1v) is 5.26. The molecule has 0 radical (unpaired) electrons. The van der Waals surface area contributed by atoms with Crippen LogP contribution in [0.5, 0.6) is 0 Å². The third-order valence-corrected chi connectivity index (χ3v) is 2.74. The lowest BCUT2D eigenvalue weighted by atomic mass is 9.94. The molecule has 2 heterocycles. The summed E-state index contributed by atoms with van der Waals surface area (Å²) in [7, 11) is 0. The van der Waals surface area contributed by atoms with Crippen molar-refractivity contribution in [3.63, 3.8) is 0 Å². The Bertz CT molecular complexity index is 344. The highest BCUT2D eigenvalue weighted by Gasteiger charge is 2.30. The molecule has 2 rings (SSSR count). The maximum atomic E-state index is 11.6. The van der Waals surface area contributed by atoms with Crippen molar-refractivity contribution in [2.24, 2.45) is 0 Å². The molecule has 0 unspecified atom stereocenters. The average Bonchev–Trinajstić information content (AvgIpc) is 2.80. The second-order valence-corrected chi connectivity index (χ2v) is 3.98. The molecular formula is C10H15N3O3. The van der Waals surface area contributed by atoms with Crippen LogP contribution in [0.3, 0.4) is 0 Å². The SMILES string of the molecule is O=C(NCC1(O)CCOCC1)c1cnc[nH]1. The van der Waals surface area contributed by atoms with Gasteiger partial charge in [-0.3, -0.25) is 4.79 Å². The van der Waals surface area contributed by atoms with Gasteiger partial charge in [-0.25, -0.2) is 4.98 Å². The second-order valence-electron chi connectivity index (χ2n) is 3.98. The molecule has 0 saturated carbocycles. The molecule has 1 aromatic heterocycles. The molecule has 0 bridgehead atoms. The van der Waals surface area contributed by atoms with Crippen LogP contribution in [0.2, 0.25) is 0 Å². The van der Waals surface area contributed by atoms with Crippen LogP contribution in [0.1, 0.15) is 23.3 Å². The zero-order chi connectivity index (χ0) is 11.4. The van der Waals surface area contributed by atoms with Gasteiger partial charge in [0.1, 0.15) is 5.69 Å². The number of ether oxygens (including phenoxy) is 1. The Balaban J connectivity index is 1.84. The van der Waals surface area contributed by atoms with Crippen LogP contribution in [0.15, 0.2) is 12.5 Å². The van der Waals surface area contributed by atoms with Gasteiger partial charge in [0.05, 0.1) is 18.1 Å². The molecule has 6 nitrogen and oxygen atoms in total. The van der Waals surface area contributed by atoms with E-state index in [2.05, 4.69) is 15.3 Å². The van der Waals surface area contributed by atoms with Crippen LogP contribution in [0.4, 0.5) is 0 Å². The van der Waals surface area contributed by atoms with Crippen LogP contribution in [-0.2, 0) is 4.74 Å². The number of amides is 1. The van der Waals surface area contributed by atoms with E-state index < -0.39 is 5.60 Å². The standard InChI is InChI=1S/C10H15N3O3/c14-9(8-5-11-7-13-8)12-6-10(15)1-3-16-4-2-10/h5,7,15H,1-4,6H2,(H,11,13)(H,12,14). The van der Waals surface area contributed by atoms with Gasteiger partial charge in [-0.1, -0.05) is 0 Å². The van der Waals surface area contributed by atoms with Gasteiger partial charge in [0.15, 0.2) is 0 Å². The van der Waals surface area contributed by atoms with Crippen LogP contribution >= 0.6 is 0 Å². The summed E-state index contributed by atoms with van der Waals surface area (Å²) < 4.78 is 5.16. The molecule has 1 aliphatic heterocycles. The van der Waals surface area contributed by atoms with E-state index in [1.54, 1.807) is 0 Å². The summed E-state index contributed by atoms with van der Waals surface area (Å²) in [5, 5.41) is 12.8. The molecule has 1 amide bonds. The van der Waals surface area contributed by atoms with Gasteiger partial charge in [-0.05, 0) is 0 Å². The lowest BCUT2D eigenvalue weighted by Crippen LogP contribution is -2.46. The fourth-order valence-corrected chi connectivity index (χ4v) is 1.65. The number of carbonyl (C=O) groups is 1. The van der Waals surface area contributed by atoms with E-state index in [1.165, 1.54) is 12.5 Å². The minimum absolute atomic E-state index is 0.244. The molecule has 88 valence electrons. The van der Waals surface area contributed by atoms with E-state index in [9.17, 15) is 9.90 Å². The number of H-pyrrole nitrogens is 1. The molecule has 1 fully saturated rings. The van der Waals surface area contributed by atoms with Gasteiger partial charge in [-0.15, -0.1) is 0 Å². The minimum atomic E-state index is -0.839. The quantitative estimate of drug-likeness (QED) is 0.658. The molecular weight excluding hydrogens is 210 g/mol. The first-order valence-electron chi connectivity index (χ1n) is 5.26. The number of imidazole rings is 1. The number of aromatic amines is 1. The zero-order valence-corrected chi connectivity index (χ0v) is 8.90. The van der Waals surface area contributed by atoms with Crippen molar-refractivity contribution in [3.8, 4) is 0 Å². The van der Waals surface area contributed by atoms with Crippen molar-refractivity contribution in [2.75, 3.05) is 19.8 Å². The topological polar surface area (TPSA) is 87.2 Å². The Morgan fingerprint density at radius 1 is 1.62 bits per heavy atom. The molecule has 3 N–H and O–H groups in total. The fraction of sp³-hybridized carbons (Fsp3) is 0.600. The van der Waals surface area contributed by atoms with Crippen molar-refractivity contribution < 1.29 is 14.6 Å². The summed E-state index contributed by atoms with van der Waals surface area (Å²) in [4.78, 5) is 18.0. The average molecular weight is 225 g/mol. The van der Waals surface area contributed by atoms with E-state index in [4.69, 9.17) is 4.74 Å². The van der Waals surface area contributed by atoms with Crippen molar-refractivity contribution in [1.29, 1.82) is 0 Å². The maximum absolute atomic E-state index is 11.6. The van der Waals surface area contributed by atoms with Gasteiger partial charge >= 0.3 is 0 Å². The summed E-state index contributed by atoms with van der Waals surface area (Å²) in [5.74, 6) is -0.252. The van der Waals surface area contributed by atoms with Crippen molar-refractivity contribution in [2.45, 2.75) is 18.4 Å². The van der Waals surface area contributed by atoms with Gasteiger partial charge in [0.2, 0.25) is 0 Å². The highest BCUT2D eigenvalue weighted by Crippen LogP contribution is 2.19. The molecule has 1 aromatic rings. The molecule has 0 aromatic carbocycles. The molecule has 1 saturated heterocycles. The summed E-state index contributed by atoms with van der Waals surface area (Å²) in [6.45, 7) is 1.32. The van der Waals surface area contributed by atoms with E-state index in [0.29, 0.717) is 31.7 Å². The van der Waals surface area contributed by atoms with Gasteiger partial charge in [-0.2, -0.15) is 0 Å². The molecule has 0 spiro atoms. The monoisotopic (exact) mass is 225 g/mol. The van der Waals surface area contributed by atoms with Crippen molar-refractivity contribution in [1.82, 2.24) is 15.3 Å². The number of hydrogen-bond donors (Lipinski definition) is 3. The van der Waals surface area contributed by atoms with E-state index in [-0.39, 0.29) is 12.5 Å². The molecule has 0 aliphatic carbocycles.